The summed E-state index contributed by atoms with van der Waals surface area (Å²) >= 11 is 1.83. The van der Waals surface area contributed by atoms with E-state index >= 15 is 0 Å². The largest absolute Gasteiger partial charge is 0.474 e. The van der Waals surface area contributed by atoms with Gasteiger partial charge in [-0.25, -0.2) is 9.97 Å². The summed E-state index contributed by atoms with van der Waals surface area (Å²) in [7, 11) is 0. The summed E-state index contributed by atoms with van der Waals surface area (Å²) in [5.74, 6) is 0.844. The van der Waals surface area contributed by atoms with Gasteiger partial charge in [-0.15, -0.1) is 11.3 Å². The van der Waals surface area contributed by atoms with Crippen LogP contribution in [0.25, 0.3) is 10.2 Å². The monoisotopic (exact) mass is 373 g/mol. The van der Waals surface area contributed by atoms with Crippen molar-refractivity contribution >= 4 is 21.6 Å². The standard InChI is InChI=1S/C15H18N2OS.C5H9NO/c1-2-5-10(6-3-1)18-14-13-11-7-4-8-12(11)19-15(13)17-9-16-14;1-5(2-6-1)3-7-4-5/h9-10H,1-8H2;6H,1-4H2. The van der Waals surface area contributed by atoms with E-state index in [1.54, 1.807) is 6.33 Å². The lowest BCUT2D eigenvalue weighted by molar-refractivity contribution is -0.139. The molecule has 1 saturated carbocycles. The van der Waals surface area contributed by atoms with E-state index in [-0.39, 0.29) is 0 Å². The number of hydrogen-bond acceptors (Lipinski definition) is 6. The van der Waals surface area contributed by atoms with Gasteiger partial charge in [0.25, 0.3) is 0 Å². The van der Waals surface area contributed by atoms with Crippen LogP contribution in [0, 0.1) is 5.41 Å². The van der Waals surface area contributed by atoms with Gasteiger partial charge in [-0.05, 0) is 50.5 Å². The maximum absolute atomic E-state index is 6.21. The van der Waals surface area contributed by atoms with Crippen molar-refractivity contribution in [2.45, 2.75) is 57.5 Å². The SMILES string of the molecule is C1NCC12COC2.c1nc(OC2CCCCC2)c2c3c(sc2n1)CCC3. The third kappa shape index (κ3) is 3.12. The Balaban J connectivity index is 0.000000178. The fraction of sp³-hybridized carbons (Fsp3) is 0.700. The third-order valence-corrected chi connectivity index (χ3v) is 7.31. The topological polar surface area (TPSA) is 56.3 Å². The molecule has 2 aromatic heterocycles. The number of aryl methyl sites for hydroxylation is 2. The lowest BCUT2D eigenvalue weighted by atomic mass is 9.80. The lowest BCUT2D eigenvalue weighted by Crippen LogP contribution is -2.64. The molecular weight excluding hydrogens is 346 g/mol. The first-order chi connectivity index (χ1) is 12.8. The molecule has 0 bridgehead atoms. The highest BCUT2D eigenvalue weighted by molar-refractivity contribution is 7.18. The smallest absolute Gasteiger partial charge is 0.225 e. The molecule has 0 amide bonds. The average molecular weight is 374 g/mol. The molecule has 5 nitrogen and oxygen atoms in total. The molecule has 0 unspecified atom stereocenters. The van der Waals surface area contributed by atoms with Gasteiger partial charge in [-0.1, -0.05) is 6.42 Å². The van der Waals surface area contributed by atoms with Crippen LogP contribution in [-0.4, -0.2) is 42.4 Å². The Labute approximate surface area is 158 Å². The van der Waals surface area contributed by atoms with Crippen molar-refractivity contribution in [1.29, 1.82) is 0 Å². The zero-order chi connectivity index (χ0) is 17.4. The fourth-order valence-electron chi connectivity index (χ4n) is 4.40. The van der Waals surface area contributed by atoms with Crippen LogP contribution in [0.5, 0.6) is 5.88 Å². The minimum absolute atomic E-state index is 0.365. The number of thiophene rings is 1. The molecule has 6 heteroatoms. The van der Waals surface area contributed by atoms with Crippen LogP contribution < -0.4 is 10.1 Å². The van der Waals surface area contributed by atoms with Crippen LogP contribution in [0.15, 0.2) is 6.33 Å². The zero-order valence-corrected chi connectivity index (χ0v) is 16.1. The lowest BCUT2D eigenvalue weighted by Gasteiger charge is -2.48. The first kappa shape index (κ1) is 16.9. The molecule has 0 atom stereocenters. The van der Waals surface area contributed by atoms with Crippen LogP contribution >= 0.6 is 11.3 Å². The highest BCUT2D eigenvalue weighted by Crippen LogP contribution is 2.40. The average Bonchev–Trinajstić information content (AvgIpc) is 3.14. The molecule has 2 aliphatic carbocycles. The van der Waals surface area contributed by atoms with Crippen molar-refractivity contribution in [3.8, 4) is 5.88 Å². The molecule has 4 aliphatic rings. The molecular formula is C20H27N3O2S. The van der Waals surface area contributed by atoms with Gasteiger partial charge in [-0.2, -0.15) is 0 Å². The summed E-state index contributed by atoms with van der Waals surface area (Å²) in [4.78, 5) is 11.5. The van der Waals surface area contributed by atoms with E-state index in [0.29, 0.717) is 11.5 Å². The molecule has 1 spiro atoms. The molecule has 2 aliphatic heterocycles. The molecule has 3 fully saturated rings. The Morgan fingerprint density at radius 1 is 1.08 bits per heavy atom. The van der Waals surface area contributed by atoms with Gasteiger partial charge in [0.2, 0.25) is 5.88 Å². The molecule has 0 aromatic carbocycles. The Hall–Kier alpha value is -1.24. The first-order valence-corrected chi connectivity index (χ1v) is 10.9. The molecule has 0 radical (unpaired) electrons. The predicted octanol–water partition coefficient (Wildman–Crippen LogP) is 3.50. The highest BCUT2D eigenvalue weighted by Gasteiger charge is 2.43. The van der Waals surface area contributed by atoms with E-state index in [1.807, 2.05) is 11.3 Å². The van der Waals surface area contributed by atoms with Gasteiger partial charge in [0, 0.05) is 23.4 Å². The van der Waals surface area contributed by atoms with E-state index < -0.39 is 0 Å². The number of aromatic nitrogens is 2. The summed E-state index contributed by atoms with van der Waals surface area (Å²) in [6.07, 6.45) is 12.0. The van der Waals surface area contributed by atoms with Crippen LogP contribution in [0.4, 0.5) is 0 Å². The van der Waals surface area contributed by atoms with Crippen molar-refractivity contribution in [3.63, 3.8) is 0 Å². The normalized spacial score (nSPS) is 23.7. The van der Waals surface area contributed by atoms with Crippen LogP contribution in [0.2, 0.25) is 0 Å². The Morgan fingerprint density at radius 2 is 1.92 bits per heavy atom. The van der Waals surface area contributed by atoms with Crippen LogP contribution in [0.1, 0.15) is 49.0 Å². The van der Waals surface area contributed by atoms with E-state index in [4.69, 9.17) is 9.47 Å². The van der Waals surface area contributed by atoms with Crippen molar-refractivity contribution < 1.29 is 9.47 Å². The van der Waals surface area contributed by atoms with E-state index in [0.717, 1.165) is 23.9 Å². The Kier molecular flexibility index (Phi) is 4.59. The van der Waals surface area contributed by atoms with Crippen molar-refractivity contribution in [2.75, 3.05) is 26.3 Å². The number of fused-ring (bicyclic) bond motifs is 3. The second kappa shape index (κ2) is 7.06. The third-order valence-electron chi connectivity index (χ3n) is 6.11. The Morgan fingerprint density at radius 3 is 2.58 bits per heavy atom. The maximum atomic E-state index is 6.21. The zero-order valence-electron chi connectivity index (χ0n) is 15.3. The molecule has 1 N–H and O–H groups in total. The van der Waals surface area contributed by atoms with Crippen molar-refractivity contribution in [2.24, 2.45) is 5.41 Å². The van der Waals surface area contributed by atoms with E-state index in [2.05, 4.69) is 15.3 Å². The van der Waals surface area contributed by atoms with Crippen molar-refractivity contribution in [1.82, 2.24) is 15.3 Å². The summed E-state index contributed by atoms with van der Waals surface area (Å²) in [5, 5.41) is 4.44. The quantitative estimate of drug-likeness (QED) is 0.873. The summed E-state index contributed by atoms with van der Waals surface area (Å²) in [5.41, 5.74) is 2.08. The molecule has 4 heterocycles. The minimum atomic E-state index is 0.365. The summed E-state index contributed by atoms with van der Waals surface area (Å²) in [6.45, 7) is 4.38. The Bertz CT molecular complexity index is 761. The van der Waals surface area contributed by atoms with Crippen molar-refractivity contribution in [3.05, 3.63) is 16.8 Å². The second-order valence-electron chi connectivity index (χ2n) is 8.19. The number of nitrogens with one attached hydrogen (secondary N) is 1. The molecule has 26 heavy (non-hydrogen) atoms. The number of hydrogen-bond donors (Lipinski definition) is 1. The molecule has 2 aromatic rings. The van der Waals surface area contributed by atoms with Gasteiger partial charge in [0.1, 0.15) is 17.3 Å². The number of ether oxygens (including phenoxy) is 2. The molecule has 140 valence electrons. The molecule has 2 saturated heterocycles. The van der Waals surface area contributed by atoms with Gasteiger partial charge in [0.15, 0.2) is 0 Å². The predicted molar refractivity (Wildman–Crippen MR) is 103 cm³/mol. The van der Waals surface area contributed by atoms with Crippen LogP contribution in [-0.2, 0) is 17.6 Å². The van der Waals surface area contributed by atoms with E-state index in [1.165, 1.54) is 80.3 Å². The number of rotatable bonds is 2. The van der Waals surface area contributed by atoms with Gasteiger partial charge >= 0.3 is 0 Å². The minimum Gasteiger partial charge on any atom is -0.474 e. The maximum Gasteiger partial charge on any atom is 0.225 e. The molecule has 6 rings (SSSR count). The summed E-state index contributed by atoms with van der Waals surface area (Å²) < 4.78 is 11.2. The van der Waals surface area contributed by atoms with Gasteiger partial charge in [0.05, 0.1) is 18.6 Å². The first-order valence-electron chi connectivity index (χ1n) is 10.0. The second-order valence-corrected chi connectivity index (χ2v) is 9.27. The van der Waals surface area contributed by atoms with Gasteiger partial charge in [-0.3, -0.25) is 0 Å². The summed E-state index contributed by atoms with van der Waals surface area (Å²) in [6, 6.07) is 0. The number of nitrogens with zero attached hydrogens (tertiary/aromatic N) is 2. The highest BCUT2D eigenvalue weighted by atomic mass is 32.1. The van der Waals surface area contributed by atoms with E-state index in [9.17, 15) is 0 Å². The fourth-order valence-corrected chi connectivity index (χ4v) is 5.62. The van der Waals surface area contributed by atoms with Gasteiger partial charge < -0.3 is 14.8 Å². The van der Waals surface area contributed by atoms with Crippen LogP contribution in [0.3, 0.4) is 0 Å².